The normalized spacial score (nSPS) is 33.9. The third kappa shape index (κ3) is 2.20. The van der Waals surface area contributed by atoms with Crippen LogP contribution in [0.2, 0.25) is 8.67 Å². The van der Waals surface area contributed by atoms with E-state index in [-0.39, 0.29) is 0 Å². The second-order valence-electron chi connectivity index (χ2n) is 5.52. The van der Waals surface area contributed by atoms with Gasteiger partial charge in [0.05, 0.1) is 8.67 Å². The molecule has 2 aliphatic rings. The van der Waals surface area contributed by atoms with E-state index in [0.717, 1.165) is 21.5 Å². The number of hydrogen-bond donors (Lipinski definition) is 1. The van der Waals surface area contributed by atoms with Crippen molar-refractivity contribution in [2.24, 2.45) is 5.73 Å². The predicted molar refractivity (Wildman–Crippen MR) is 78.6 cm³/mol. The number of halogens is 2. The van der Waals surface area contributed by atoms with Gasteiger partial charge in [-0.25, -0.2) is 0 Å². The predicted octanol–water partition coefficient (Wildman–Crippen LogP) is 4.07. The minimum atomic E-state index is 0.353. The van der Waals surface area contributed by atoms with E-state index >= 15 is 0 Å². The summed E-state index contributed by atoms with van der Waals surface area (Å²) in [5.41, 5.74) is 7.30. The molecule has 0 saturated carbocycles. The maximum absolute atomic E-state index is 6.29. The van der Waals surface area contributed by atoms with Gasteiger partial charge < -0.3 is 5.73 Å². The lowest BCUT2D eigenvalue weighted by Crippen LogP contribution is -2.48. The second kappa shape index (κ2) is 4.95. The fourth-order valence-corrected chi connectivity index (χ4v) is 5.32. The van der Waals surface area contributed by atoms with Gasteiger partial charge in [0.1, 0.15) is 0 Å². The molecule has 2 aliphatic heterocycles. The number of piperidine rings is 1. The first-order valence-corrected chi connectivity index (χ1v) is 8.11. The molecule has 3 rings (SSSR count). The quantitative estimate of drug-likeness (QED) is 0.892. The minimum absolute atomic E-state index is 0.353. The zero-order valence-corrected chi connectivity index (χ0v) is 12.7. The molecule has 2 fully saturated rings. The highest BCUT2D eigenvalue weighted by molar-refractivity contribution is 7.20. The molecule has 0 amide bonds. The van der Waals surface area contributed by atoms with Gasteiger partial charge in [-0.15, -0.1) is 11.3 Å². The monoisotopic (exact) mass is 304 g/mol. The topological polar surface area (TPSA) is 29.3 Å². The van der Waals surface area contributed by atoms with E-state index < -0.39 is 0 Å². The van der Waals surface area contributed by atoms with Gasteiger partial charge in [0.15, 0.2) is 0 Å². The van der Waals surface area contributed by atoms with Crippen LogP contribution in [0.5, 0.6) is 0 Å². The van der Waals surface area contributed by atoms with Crippen LogP contribution >= 0.6 is 34.5 Å². The van der Waals surface area contributed by atoms with Crippen molar-refractivity contribution >= 4 is 34.5 Å². The van der Waals surface area contributed by atoms with Crippen molar-refractivity contribution in [2.75, 3.05) is 0 Å². The molecule has 0 aromatic carbocycles. The lowest BCUT2D eigenvalue weighted by atomic mass is 9.95. The highest BCUT2D eigenvalue weighted by Crippen LogP contribution is 2.44. The Balaban J connectivity index is 1.85. The van der Waals surface area contributed by atoms with Crippen LogP contribution in [0.4, 0.5) is 0 Å². The van der Waals surface area contributed by atoms with E-state index in [1.54, 1.807) is 0 Å². The van der Waals surface area contributed by atoms with E-state index in [0.29, 0.717) is 24.2 Å². The number of nitrogens with two attached hydrogens (primary N) is 1. The number of nitrogens with zero attached hydrogens (tertiary/aromatic N) is 1. The van der Waals surface area contributed by atoms with Gasteiger partial charge in [0, 0.05) is 29.7 Å². The fraction of sp³-hybridized carbons (Fsp3) is 0.692. The SMILES string of the molecule is CC(c1cc(Cl)sc1Cl)N1C2CCC1CC(N)C2. The second-order valence-corrected chi connectivity index (χ2v) is 7.80. The molecule has 2 nitrogen and oxygen atoms in total. The molecule has 0 aliphatic carbocycles. The molecule has 2 saturated heterocycles. The van der Waals surface area contributed by atoms with E-state index in [4.69, 9.17) is 28.9 Å². The van der Waals surface area contributed by atoms with Gasteiger partial charge in [-0.2, -0.15) is 0 Å². The molecule has 100 valence electrons. The van der Waals surface area contributed by atoms with Crippen LogP contribution in [0.15, 0.2) is 6.07 Å². The minimum Gasteiger partial charge on any atom is -0.328 e. The van der Waals surface area contributed by atoms with E-state index in [1.807, 2.05) is 6.07 Å². The van der Waals surface area contributed by atoms with Crippen LogP contribution in [0.25, 0.3) is 0 Å². The third-order valence-electron chi connectivity index (χ3n) is 4.41. The highest BCUT2D eigenvalue weighted by atomic mass is 35.5. The summed E-state index contributed by atoms with van der Waals surface area (Å²) >= 11 is 13.8. The van der Waals surface area contributed by atoms with Crippen molar-refractivity contribution < 1.29 is 0 Å². The Labute approximate surface area is 122 Å². The first-order chi connectivity index (χ1) is 8.56. The van der Waals surface area contributed by atoms with Crippen LogP contribution in [0.1, 0.15) is 44.2 Å². The molecule has 0 radical (unpaired) electrons. The van der Waals surface area contributed by atoms with Gasteiger partial charge >= 0.3 is 0 Å². The Hall–Kier alpha value is 0.200. The summed E-state index contributed by atoms with van der Waals surface area (Å²) in [5.74, 6) is 0. The summed E-state index contributed by atoms with van der Waals surface area (Å²) in [6.45, 7) is 2.24. The Bertz CT molecular complexity index is 434. The zero-order valence-electron chi connectivity index (χ0n) is 10.4. The average Bonchev–Trinajstić information content (AvgIpc) is 2.76. The van der Waals surface area contributed by atoms with Crippen LogP contribution in [-0.4, -0.2) is 23.0 Å². The van der Waals surface area contributed by atoms with E-state index in [9.17, 15) is 0 Å². The molecular formula is C13H18Cl2N2S. The molecule has 5 heteroatoms. The summed E-state index contributed by atoms with van der Waals surface area (Å²) in [5, 5.41) is 0. The Morgan fingerprint density at radius 2 is 1.94 bits per heavy atom. The van der Waals surface area contributed by atoms with Gasteiger partial charge in [-0.3, -0.25) is 4.90 Å². The number of hydrogen-bond acceptors (Lipinski definition) is 3. The molecule has 3 atom stereocenters. The molecule has 2 N–H and O–H groups in total. The summed E-state index contributed by atoms with van der Waals surface area (Å²) in [7, 11) is 0. The van der Waals surface area contributed by atoms with Gasteiger partial charge in [-0.1, -0.05) is 23.2 Å². The molecule has 2 bridgehead atoms. The van der Waals surface area contributed by atoms with E-state index in [1.165, 1.54) is 29.7 Å². The van der Waals surface area contributed by atoms with Gasteiger partial charge in [0.2, 0.25) is 0 Å². The molecule has 3 heterocycles. The van der Waals surface area contributed by atoms with Crippen LogP contribution in [-0.2, 0) is 0 Å². The van der Waals surface area contributed by atoms with Crippen LogP contribution in [0, 0.1) is 0 Å². The van der Waals surface area contributed by atoms with Crippen molar-refractivity contribution in [3.63, 3.8) is 0 Å². The maximum Gasteiger partial charge on any atom is 0.0991 e. The van der Waals surface area contributed by atoms with Crippen LogP contribution < -0.4 is 5.73 Å². The lowest BCUT2D eigenvalue weighted by Gasteiger charge is -2.41. The van der Waals surface area contributed by atoms with Crippen molar-refractivity contribution in [3.05, 3.63) is 20.3 Å². The zero-order chi connectivity index (χ0) is 12.9. The molecule has 18 heavy (non-hydrogen) atoms. The molecule has 1 aromatic heterocycles. The molecule has 3 unspecified atom stereocenters. The third-order valence-corrected chi connectivity index (χ3v) is 5.92. The summed E-state index contributed by atoms with van der Waals surface area (Å²) in [4.78, 5) is 2.62. The number of rotatable bonds is 2. The summed E-state index contributed by atoms with van der Waals surface area (Å²) < 4.78 is 1.62. The molecule has 0 spiro atoms. The molecule has 1 aromatic rings. The van der Waals surface area contributed by atoms with Gasteiger partial charge in [-0.05, 0) is 38.7 Å². The Morgan fingerprint density at radius 3 is 2.44 bits per heavy atom. The summed E-state index contributed by atoms with van der Waals surface area (Å²) in [6, 6.07) is 4.01. The van der Waals surface area contributed by atoms with Crippen molar-refractivity contribution in [1.29, 1.82) is 0 Å². The van der Waals surface area contributed by atoms with Crippen molar-refractivity contribution in [1.82, 2.24) is 4.90 Å². The fourth-order valence-electron chi connectivity index (χ4n) is 3.69. The van der Waals surface area contributed by atoms with Gasteiger partial charge in [0.25, 0.3) is 0 Å². The van der Waals surface area contributed by atoms with Crippen molar-refractivity contribution in [3.8, 4) is 0 Å². The van der Waals surface area contributed by atoms with Crippen LogP contribution in [0.3, 0.4) is 0 Å². The van der Waals surface area contributed by atoms with E-state index in [2.05, 4.69) is 11.8 Å². The standard InChI is InChI=1S/C13H18Cl2N2S/c1-7(11-6-12(14)18-13(11)15)17-9-2-3-10(17)5-8(16)4-9/h6-10H,2-5,16H2,1H3. The Kier molecular flexibility index (Phi) is 3.63. The maximum atomic E-state index is 6.29. The first kappa shape index (κ1) is 13.2. The number of fused-ring (bicyclic) bond motifs is 2. The highest BCUT2D eigenvalue weighted by Gasteiger charge is 2.42. The average molecular weight is 305 g/mol. The smallest absolute Gasteiger partial charge is 0.0991 e. The first-order valence-electron chi connectivity index (χ1n) is 6.54. The summed E-state index contributed by atoms with van der Waals surface area (Å²) in [6.07, 6.45) is 4.79. The van der Waals surface area contributed by atoms with Crippen molar-refractivity contribution in [2.45, 2.75) is 56.8 Å². The lowest BCUT2D eigenvalue weighted by molar-refractivity contribution is 0.0856. The largest absolute Gasteiger partial charge is 0.328 e. The Morgan fingerprint density at radius 1 is 1.33 bits per heavy atom. The molecular weight excluding hydrogens is 287 g/mol. The number of thiophene rings is 1.